The Labute approximate surface area is 119 Å². The fourth-order valence-corrected chi connectivity index (χ4v) is 2.93. The van der Waals surface area contributed by atoms with Gasteiger partial charge >= 0.3 is 0 Å². The summed E-state index contributed by atoms with van der Waals surface area (Å²) in [5.74, 6) is -3.82. The van der Waals surface area contributed by atoms with Gasteiger partial charge in [-0.25, -0.2) is 21.6 Å². The molecule has 2 rings (SSSR count). The van der Waals surface area contributed by atoms with Crippen LogP contribution in [0.3, 0.4) is 0 Å². The van der Waals surface area contributed by atoms with Crippen LogP contribution in [0.2, 0.25) is 0 Å². The van der Waals surface area contributed by atoms with Crippen molar-refractivity contribution in [1.29, 1.82) is 0 Å². The Balaban J connectivity index is 2.42. The van der Waals surface area contributed by atoms with E-state index in [-0.39, 0.29) is 11.4 Å². The second kappa shape index (κ2) is 5.41. The van der Waals surface area contributed by atoms with Gasteiger partial charge in [-0.2, -0.15) is 0 Å². The maximum Gasteiger partial charge on any atom is 0.263 e. The minimum absolute atomic E-state index is 0.102. The van der Waals surface area contributed by atoms with Crippen molar-refractivity contribution in [3.8, 4) is 0 Å². The van der Waals surface area contributed by atoms with Gasteiger partial charge in [0.15, 0.2) is 11.6 Å². The second-order valence-electron chi connectivity index (χ2n) is 4.33. The summed E-state index contributed by atoms with van der Waals surface area (Å²) in [6.07, 6.45) is 1.25. The van der Waals surface area contributed by atoms with Gasteiger partial charge in [-0.05, 0) is 6.07 Å². The normalized spacial score (nSPS) is 11.7. The molecule has 0 fully saturated rings. The lowest BCUT2D eigenvalue weighted by molar-refractivity contribution is 0.547. The van der Waals surface area contributed by atoms with Crippen LogP contribution in [0.25, 0.3) is 0 Å². The van der Waals surface area contributed by atoms with Crippen molar-refractivity contribution < 1.29 is 21.6 Å². The van der Waals surface area contributed by atoms with E-state index in [9.17, 15) is 21.6 Å². The number of nitrogens with two attached hydrogens (primary N) is 1. The van der Waals surface area contributed by atoms with E-state index in [4.69, 9.17) is 5.73 Å². The highest BCUT2D eigenvalue weighted by Gasteiger charge is 2.22. The monoisotopic (exact) mass is 319 g/mol. The summed E-state index contributed by atoms with van der Waals surface area (Å²) in [5.41, 5.74) is 5.01. The number of hydrogen-bond acceptors (Lipinski definition) is 3. The Kier molecular flexibility index (Phi) is 3.97. The van der Waals surface area contributed by atoms with Crippen LogP contribution in [-0.4, -0.2) is 13.0 Å². The number of aryl methyl sites for hydroxylation is 1. The quantitative estimate of drug-likeness (QED) is 0.900. The van der Waals surface area contributed by atoms with E-state index in [1.165, 1.54) is 16.8 Å². The maximum absolute atomic E-state index is 13.5. The summed E-state index contributed by atoms with van der Waals surface area (Å²) in [7, 11) is -2.63. The van der Waals surface area contributed by atoms with Gasteiger partial charge in [0.25, 0.3) is 10.0 Å². The standard InChI is InChI=1S/C12H12F3N3O2S/c1-18-6-9(4-8(18)5-16)21(19,20)17-12-10(14)2-7(13)3-11(12)15/h2-4,6,17H,5,16H2,1H3. The second-order valence-corrected chi connectivity index (χ2v) is 6.01. The van der Waals surface area contributed by atoms with Crippen molar-refractivity contribution in [1.82, 2.24) is 4.57 Å². The number of rotatable bonds is 4. The molecular weight excluding hydrogens is 307 g/mol. The topological polar surface area (TPSA) is 77.1 Å². The number of anilines is 1. The maximum atomic E-state index is 13.5. The fourth-order valence-electron chi connectivity index (χ4n) is 1.76. The van der Waals surface area contributed by atoms with E-state index < -0.39 is 33.2 Å². The Bertz CT molecular complexity index is 764. The lowest BCUT2D eigenvalue weighted by Gasteiger charge is -2.08. The molecule has 1 aromatic carbocycles. The van der Waals surface area contributed by atoms with Gasteiger partial charge in [0.2, 0.25) is 0 Å². The Hall–Kier alpha value is -2.00. The molecule has 0 aliphatic carbocycles. The van der Waals surface area contributed by atoms with Crippen molar-refractivity contribution in [2.75, 3.05) is 4.72 Å². The summed E-state index contributed by atoms with van der Waals surface area (Å²) in [4.78, 5) is -0.200. The van der Waals surface area contributed by atoms with Crippen LogP contribution >= 0.6 is 0 Å². The molecule has 0 radical (unpaired) electrons. The molecule has 0 unspecified atom stereocenters. The Morgan fingerprint density at radius 3 is 2.24 bits per heavy atom. The van der Waals surface area contributed by atoms with Gasteiger partial charge in [-0.15, -0.1) is 0 Å². The number of aromatic nitrogens is 1. The van der Waals surface area contributed by atoms with E-state index in [0.717, 1.165) is 0 Å². The minimum Gasteiger partial charge on any atom is -0.352 e. The zero-order chi connectivity index (χ0) is 15.8. The predicted molar refractivity (Wildman–Crippen MR) is 70.4 cm³/mol. The van der Waals surface area contributed by atoms with E-state index >= 15 is 0 Å². The first-order chi connectivity index (χ1) is 9.74. The molecule has 5 nitrogen and oxygen atoms in total. The summed E-state index contributed by atoms with van der Waals surface area (Å²) >= 11 is 0. The van der Waals surface area contributed by atoms with Crippen molar-refractivity contribution in [2.45, 2.75) is 11.4 Å². The highest BCUT2D eigenvalue weighted by molar-refractivity contribution is 7.92. The van der Waals surface area contributed by atoms with Gasteiger partial charge in [0, 0.05) is 37.6 Å². The molecule has 9 heteroatoms. The SMILES string of the molecule is Cn1cc(S(=O)(=O)Nc2c(F)cc(F)cc2F)cc1CN. The summed E-state index contributed by atoms with van der Waals surface area (Å²) in [6.45, 7) is 0.102. The molecule has 1 heterocycles. The van der Waals surface area contributed by atoms with Gasteiger partial charge in [-0.1, -0.05) is 0 Å². The summed E-state index contributed by atoms with van der Waals surface area (Å²) in [6, 6.07) is 2.05. The molecule has 0 amide bonds. The largest absolute Gasteiger partial charge is 0.352 e. The predicted octanol–water partition coefficient (Wildman–Crippen LogP) is 1.70. The van der Waals surface area contributed by atoms with Gasteiger partial charge in [0.05, 0.1) is 0 Å². The summed E-state index contributed by atoms with van der Waals surface area (Å²) in [5, 5.41) is 0. The van der Waals surface area contributed by atoms with Crippen molar-refractivity contribution in [3.63, 3.8) is 0 Å². The first kappa shape index (κ1) is 15.4. The first-order valence-corrected chi connectivity index (χ1v) is 7.25. The minimum atomic E-state index is -4.21. The highest BCUT2D eigenvalue weighted by atomic mass is 32.2. The molecule has 0 spiro atoms. The molecule has 0 bridgehead atoms. The molecule has 3 N–H and O–H groups in total. The van der Waals surface area contributed by atoms with Crippen molar-refractivity contribution in [3.05, 3.63) is 47.5 Å². The van der Waals surface area contributed by atoms with Crippen LogP contribution in [0.1, 0.15) is 5.69 Å². The summed E-state index contributed by atoms with van der Waals surface area (Å²) < 4.78 is 67.1. The molecule has 2 aromatic rings. The van der Waals surface area contributed by atoms with Crippen molar-refractivity contribution >= 4 is 15.7 Å². The van der Waals surface area contributed by atoms with Crippen LogP contribution in [0, 0.1) is 17.5 Å². The van der Waals surface area contributed by atoms with Gasteiger partial charge < -0.3 is 10.3 Å². The van der Waals surface area contributed by atoms with Gasteiger partial charge in [-0.3, -0.25) is 4.72 Å². The Morgan fingerprint density at radius 1 is 1.19 bits per heavy atom. The van der Waals surface area contributed by atoms with E-state index in [1.807, 2.05) is 0 Å². The van der Waals surface area contributed by atoms with E-state index in [1.54, 1.807) is 11.8 Å². The average molecular weight is 319 g/mol. The third-order valence-corrected chi connectivity index (χ3v) is 4.16. The number of nitrogens with zero attached hydrogens (tertiary/aromatic N) is 1. The number of hydrogen-bond donors (Lipinski definition) is 2. The van der Waals surface area contributed by atoms with Crippen molar-refractivity contribution in [2.24, 2.45) is 12.8 Å². The average Bonchev–Trinajstić information content (AvgIpc) is 2.76. The third kappa shape index (κ3) is 3.03. The van der Waals surface area contributed by atoms with E-state index in [0.29, 0.717) is 17.8 Å². The molecule has 21 heavy (non-hydrogen) atoms. The third-order valence-electron chi connectivity index (χ3n) is 2.85. The molecule has 0 atom stereocenters. The zero-order valence-electron chi connectivity index (χ0n) is 10.9. The molecule has 0 aliphatic rings. The lowest BCUT2D eigenvalue weighted by atomic mass is 10.3. The number of sulfonamides is 1. The number of halogens is 3. The first-order valence-electron chi connectivity index (χ1n) is 5.77. The highest BCUT2D eigenvalue weighted by Crippen LogP contribution is 2.24. The fraction of sp³-hybridized carbons (Fsp3) is 0.167. The number of nitrogens with one attached hydrogen (secondary N) is 1. The van der Waals surface area contributed by atoms with E-state index in [2.05, 4.69) is 0 Å². The molecule has 0 saturated heterocycles. The smallest absolute Gasteiger partial charge is 0.263 e. The van der Waals surface area contributed by atoms with Crippen LogP contribution in [0.4, 0.5) is 18.9 Å². The van der Waals surface area contributed by atoms with Crippen LogP contribution < -0.4 is 10.5 Å². The molecule has 114 valence electrons. The molecule has 0 saturated carbocycles. The number of benzene rings is 1. The van der Waals surface area contributed by atoms with Crippen LogP contribution in [-0.2, 0) is 23.6 Å². The van der Waals surface area contributed by atoms with Crippen LogP contribution in [0.5, 0.6) is 0 Å². The Morgan fingerprint density at radius 2 is 1.76 bits per heavy atom. The van der Waals surface area contributed by atoms with Gasteiger partial charge in [0.1, 0.15) is 16.4 Å². The molecular formula is C12H12F3N3O2S. The van der Waals surface area contributed by atoms with Crippen LogP contribution in [0.15, 0.2) is 29.3 Å². The molecule has 0 aliphatic heterocycles. The molecule has 1 aromatic heterocycles. The lowest BCUT2D eigenvalue weighted by Crippen LogP contribution is -2.15. The zero-order valence-corrected chi connectivity index (χ0v) is 11.7.